The summed E-state index contributed by atoms with van der Waals surface area (Å²) in [6, 6.07) is 0. The Labute approximate surface area is 157 Å². The number of rotatable bonds is 8. The van der Waals surface area contributed by atoms with Gasteiger partial charge in [-0.1, -0.05) is 35.8 Å². The number of hydrogen-bond acceptors (Lipinski definition) is 4. The van der Waals surface area contributed by atoms with E-state index in [0.717, 1.165) is 12.8 Å². The summed E-state index contributed by atoms with van der Waals surface area (Å²) in [5, 5.41) is 0. The maximum Gasteiger partial charge on any atom is 0.156 e. The van der Waals surface area contributed by atoms with Gasteiger partial charge in [-0.25, -0.2) is 0 Å². The van der Waals surface area contributed by atoms with Crippen LogP contribution in [-0.4, -0.2) is 39.0 Å². The first-order valence-electron chi connectivity index (χ1n) is 9.47. The molecule has 0 bridgehead atoms. The van der Waals surface area contributed by atoms with E-state index in [4.69, 9.17) is 18.9 Å². The molecule has 0 radical (unpaired) electrons. The highest BCUT2D eigenvalue weighted by Crippen LogP contribution is 2.41. The average Bonchev–Trinajstić information content (AvgIpc) is 3.14. The largest absolute Gasteiger partial charge is 0.353 e. The molecule has 2 aliphatic rings. The maximum atomic E-state index is 5.47. The highest BCUT2D eigenvalue weighted by atomic mass is 16.7. The zero-order valence-corrected chi connectivity index (χ0v) is 16.3. The van der Waals surface area contributed by atoms with Gasteiger partial charge in [0.1, 0.15) is 13.2 Å². The molecule has 2 rings (SSSR count). The molecule has 0 aliphatic heterocycles. The lowest BCUT2D eigenvalue weighted by Gasteiger charge is -2.09. The second kappa shape index (κ2) is 11.2. The first kappa shape index (κ1) is 20.7. The molecule has 0 amide bonds. The smallest absolute Gasteiger partial charge is 0.156 e. The van der Waals surface area contributed by atoms with Gasteiger partial charge in [-0.2, -0.15) is 0 Å². The molecule has 4 nitrogen and oxygen atoms in total. The van der Waals surface area contributed by atoms with Crippen LogP contribution in [0.1, 0.15) is 40.5 Å². The summed E-state index contributed by atoms with van der Waals surface area (Å²) in [5.41, 5.74) is 2.43. The molecule has 0 saturated heterocycles. The van der Waals surface area contributed by atoms with Gasteiger partial charge >= 0.3 is 0 Å². The Morgan fingerprint density at radius 2 is 1.23 bits per heavy atom. The third-order valence-corrected chi connectivity index (χ3v) is 4.37. The molecule has 4 heteroatoms. The van der Waals surface area contributed by atoms with Gasteiger partial charge in [0.05, 0.1) is 0 Å². The monoisotopic (exact) mass is 358 g/mol. The summed E-state index contributed by atoms with van der Waals surface area (Å²) < 4.78 is 21.6. The zero-order chi connectivity index (χ0) is 18.8. The van der Waals surface area contributed by atoms with Crippen LogP contribution in [0.5, 0.6) is 0 Å². The van der Waals surface area contributed by atoms with Crippen molar-refractivity contribution in [2.24, 2.45) is 11.8 Å². The molecule has 0 heterocycles. The SMILES string of the molecule is CCOC(C)OCC#CC1=CC2CC(C#CCOC(C)OCC)=CC2C1. The Kier molecular flexibility index (Phi) is 8.95. The molecule has 0 N–H and O–H groups in total. The number of fused-ring (bicyclic) bond motifs is 1. The van der Waals surface area contributed by atoms with Crippen LogP contribution in [0, 0.1) is 35.5 Å². The van der Waals surface area contributed by atoms with Gasteiger partial charge in [-0.3, -0.25) is 0 Å². The minimum absolute atomic E-state index is 0.198. The Hall–Kier alpha value is -1.56. The Balaban J connectivity index is 1.71. The molecule has 0 saturated carbocycles. The van der Waals surface area contributed by atoms with Crippen LogP contribution in [0.15, 0.2) is 23.3 Å². The van der Waals surface area contributed by atoms with E-state index in [1.165, 1.54) is 11.1 Å². The van der Waals surface area contributed by atoms with Crippen LogP contribution in [0.4, 0.5) is 0 Å². The van der Waals surface area contributed by atoms with Crippen molar-refractivity contribution in [3.63, 3.8) is 0 Å². The molecular formula is C22H30O4. The highest BCUT2D eigenvalue weighted by Gasteiger charge is 2.30. The fourth-order valence-electron chi connectivity index (χ4n) is 3.20. The van der Waals surface area contributed by atoms with Gasteiger partial charge in [-0.15, -0.1) is 0 Å². The van der Waals surface area contributed by atoms with E-state index >= 15 is 0 Å². The normalized spacial score (nSPS) is 23.1. The minimum atomic E-state index is -0.198. The fourth-order valence-corrected chi connectivity index (χ4v) is 3.20. The Morgan fingerprint density at radius 1 is 0.808 bits per heavy atom. The third-order valence-electron chi connectivity index (χ3n) is 4.37. The lowest BCUT2D eigenvalue weighted by Crippen LogP contribution is -2.12. The minimum Gasteiger partial charge on any atom is -0.353 e. The van der Waals surface area contributed by atoms with Crippen molar-refractivity contribution in [3.8, 4) is 23.7 Å². The third kappa shape index (κ3) is 6.98. The molecule has 26 heavy (non-hydrogen) atoms. The van der Waals surface area contributed by atoms with Crippen LogP contribution in [-0.2, 0) is 18.9 Å². The van der Waals surface area contributed by atoms with E-state index in [2.05, 4.69) is 35.8 Å². The van der Waals surface area contributed by atoms with E-state index in [0.29, 0.717) is 38.3 Å². The molecule has 0 aromatic heterocycles. The Morgan fingerprint density at radius 3 is 1.62 bits per heavy atom. The van der Waals surface area contributed by atoms with Crippen LogP contribution >= 0.6 is 0 Å². The van der Waals surface area contributed by atoms with Crippen LogP contribution in [0.3, 0.4) is 0 Å². The molecule has 4 unspecified atom stereocenters. The van der Waals surface area contributed by atoms with E-state index in [-0.39, 0.29) is 12.6 Å². The van der Waals surface area contributed by atoms with Crippen LogP contribution in [0.25, 0.3) is 0 Å². The summed E-state index contributed by atoms with van der Waals surface area (Å²) in [6.45, 7) is 9.79. The standard InChI is InChI=1S/C22H30O4/c1-5-23-17(3)25-11-7-9-19-13-21-15-20(16-22(21)14-19)10-8-12-26-18(4)24-6-2/h13,16-18,21-22H,5-6,11-12,14-15H2,1-4H3. The molecule has 0 fully saturated rings. The second-order valence-electron chi connectivity index (χ2n) is 6.39. The van der Waals surface area contributed by atoms with Gasteiger partial charge in [-0.05, 0) is 63.5 Å². The summed E-state index contributed by atoms with van der Waals surface area (Å²) in [6.07, 6.45) is 6.20. The number of allylic oxidation sites excluding steroid dienone is 4. The van der Waals surface area contributed by atoms with E-state index < -0.39 is 0 Å². The van der Waals surface area contributed by atoms with E-state index in [9.17, 15) is 0 Å². The molecule has 0 aromatic rings. The molecular weight excluding hydrogens is 328 g/mol. The van der Waals surface area contributed by atoms with Gasteiger partial charge < -0.3 is 18.9 Å². The molecule has 142 valence electrons. The summed E-state index contributed by atoms with van der Waals surface area (Å²) >= 11 is 0. The van der Waals surface area contributed by atoms with E-state index in [1.807, 2.05) is 27.7 Å². The predicted octanol–water partition coefficient (Wildman–Crippen LogP) is 3.68. The van der Waals surface area contributed by atoms with Crippen molar-refractivity contribution < 1.29 is 18.9 Å². The summed E-state index contributed by atoms with van der Waals surface area (Å²) in [5.74, 6) is 13.7. The van der Waals surface area contributed by atoms with Gasteiger partial charge in [0.2, 0.25) is 0 Å². The number of ether oxygens (including phenoxy) is 4. The van der Waals surface area contributed by atoms with Gasteiger partial charge in [0.15, 0.2) is 12.6 Å². The highest BCUT2D eigenvalue weighted by molar-refractivity contribution is 5.42. The predicted molar refractivity (Wildman–Crippen MR) is 102 cm³/mol. The Bertz CT molecular complexity index is 570. The molecule has 2 aliphatic carbocycles. The molecule has 0 aromatic carbocycles. The van der Waals surface area contributed by atoms with E-state index in [1.54, 1.807) is 0 Å². The maximum absolute atomic E-state index is 5.47. The van der Waals surface area contributed by atoms with Crippen LogP contribution in [0.2, 0.25) is 0 Å². The van der Waals surface area contributed by atoms with Crippen molar-refractivity contribution >= 4 is 0 Å². The average molecular weight is 358 g/mol. The quantitative estimate of drug-likeness (QED) is 0.490. The molecule has 0 spiro atoms. The number of hydrogen-bond donors (Lipinski definition) is 0. The molecule has 4 atom stereocenters. The van der Waals surface area contributed by atoms with Crippen molar-refractivity contribution in [2.45, 2.75) is 53.1 Å². The van der Waals surface area contributed by atoms with Gasteiger partial charge in [0, 0.05) is 13.2 Å². The topological polar surface area (TPSA) is 36.9 Å². The van der Waals surface area contributed by atoms with Crippen molar-refractivity contribution in [3.05, 3.63) is 23.3 Å². The first-order chi connectivity index (χ1) is 12.6. The first-order valence-corrected chi connectivity index (χ1v) is 9.47. The van der Waals surface area contributed by atoms with Gasteiger partial charge in [0.25, 0.3) is 0 Å². The lowest BCUT2D eigenvalue weighted by atomic mass is 9.99. The summed E-state index contributed by atoms with van der Waals surface area (Å²) in [7, 11) is 0. The van der Waals surface area contributed by atoms with Crippen LogP contribution < -0.4 is 0 Å². The van der Waals surface area contributed by atoms with Crippen molar-refractivity contribution in [1.82, 2.24) is 0 Å². The lowest BCUT2D eigenvalue weighted by molar-refractivity contribution is -0.117. The zero-order valence-electron chi connectivity index (χ0n) is 16.3. The van der Waals surface area contributed by atoms with Crippen molar-refractivity contribution in [1.29, 1.82) is 0 Å². The second-order valence-corrected chi connectivity index (χ2v) is 6.39. The van der Waals surface area contributed by atoms with Crippen molar-refractivity contribution in [2.75, 3.05) is 26.4 Å². The fraction of sp³-hybridized carbons (Fsp3) is 0.636. The summed E-state index contributed by atoms with van der Waals surface area (Å²) in [4.78, 5) is 0.